The van der Waals surface area contributed by atoms with Crippen molar-refractivity contribution in [2.75, 3.05) is 5.32 Å². The van der Waals surface area contributed by atoms with Crippen LogP contribution in [0.1, 0.15) is 10.5 Å². The number of aromatic nitrogens is 3. The molecule has 2 rings (SSSR count). The van der Waals surface area contributed by atoms with E-state index >= 15 is 0 Å². The Morgan fingerprint density at radius 1 is 1.29 bits per heavy atom. The molecule has 2 aromatic heterocycles. The van der Waals surface area contributed by atoms with E-state index in [9.17, 15) is 9.18 Å². The van der Waals surface area contributed by atoms with Crippen LogP contribution in [0.4, 0.5) is 10.3 Å². The second kappa shape index (κ2) is 4.84. The van der Waals surface area contributed by atoms with E-state index in [1.54, 1.807) is 0 Å². The van der Waals surface area contributed by atoms with Crippen molar-refractivity contribution in [3.05, 3.63) is 47.3 Å². The van der Waals surface area contributed by atoms with Crippen molar-refractivity contribution in [3.63, 3.8) is 0 Å². The van der Waals surface area contributed by atoms with Gasteiger partial charge in [-0.05, 0) is 18.2 Å². The number of nitrogens with one attached hydrogen (secondary N) is 1. The third-order valence-corrected chi connectivity index (χ3v) is 2.02. The van der Waals surface area contributed by atoms with Gasteiger partial charge in [0.25, 0.3) is 5.91 Å². The molecular weight excluding hydrogens is 247 g/mol. The van der Waals surface area contributed by atoms with Crippen LogP contribution in [0.5, 0.6) is 0 Å². The molecule has 0 atom stereocenters. The molecule has 0 aliphatic carbocycles. The highest BCUT2D eigenvalue weighted by molar-refractivity contribution is 6.29. The molecule has 0 aliphatic rings. The normalized spacial score (nSPS) is 10.0. The first-order chi connectivity index (χ1) is 8.15. The van der Waals surface area contributed by atoms with Crippen LogP contribution >= 0.6 is 11.6 Å². The lowest BCUT2D eigenvalue weighted by atomic mass is 10.3. The van der Waals surface area contributed by atoms with E-state index in [4.69, 9.17) is 11.6 Å². The zero-order valence-electron chi connectivity index (χ0n) is 8.39. The SMILES string of the molecule is O=C(Nc1nccc(Cl)n1)c1ccc(F)cn1. The fraction of sp³-hybridized carbons (Fsp3) is 0. The van der Waals surface area contributed by atoms with Gasteiger partial charge in [0.2, 0.25) is 5.95 Å². The second-order valence-corrected chi connectivity index (χ2v) is 3.41. The largest absolute Gasteiger partial charge is 0.289 e. The van der Waals surface area contributed by atoms with Gasteiger partial charge in [-0.25, -0.2) is 19.3 Å². The molecule has 2 heterocycles. The number of rotatable bonds is 2. The van der Waals surface area contributed by atoms with Crippen molar-refractivity contribution in [1.82, 2.24) is 15.0 Å². The van der Waals surface area contributed by atoms with Crippen LogP contribution in [0.2, 0.25) is 5.15 Å². The number of anilines is 1. The van der Waals surface area contributed by atoms with E-state index in [1.165, 1.54) is 18.3 Å². The van der Waals surface area contributed by atoms with Crippen molar-refractivity contribution < 1.29 is 9.18 Å². The minimum Gasteiger partial charge on any atom is -0.289 e. The van der Waals surface area contributed by atoms with Gasteiger partial charge in [0.15, 0.2) is 0 Å². The molecule has 0 saturated heterocycles. The lowest BCUT2D eigenvalue weighted by Crippen LogP contribution is -2.15. The summed E-state index contributed by atoms with van der Waals surface area (Å²) < 4.78 is 12.6. The zero-order valence-corrected chi connectivity index (χ0v) is 9.15. The van der Waals surface area contributed by atoms with E-state index in [2.05, 4.69) is 20.3 Å². The van der Waals surface area contributed by atoms with Crippen molar-refractivity contribution in [3.8, 4) is 0 Å². The molecule has 2 aromatic rings. The number of hydrogen-bond donors (Lipinski definition) is 1. The van der Waals surface area contributed by atoms with Crippen LogP contribution in [0.15, 0.2) is 30.6 Å². The highest BCUT2D eigenvalue weighted by atomic mass is 35.5. The number of amides is 1. The highest BCUT2D eigenvalue weighted by Crippen LogP contribution is 2.07. The molecular formula is C10H6ClFN4O. The van der Waals surface area contributed by atoms with Gasteiger partial charge >= 0.3 is 0 Å². The first-order valence-electron chi connectivity index (χ1n) is 4.56. The van der Waals surface area contributed by atoms with Crippen LogP contribution < -0.4 is 5.32 Å². The molecule has 0 spiro atoms. The standard InChI is InChI=1S/C10H6ClFN4O/c11-8-3-4-13-10(15-8)16-9(17)7-2-1-6(12)5-14-7/h1-5H,(H,13,15,16,17). The summed E-state index contributed by atoms with van der Waals surface area (Å²) in [6.45, 7) is 0. The fourth-order valence-electron chi connectivity index (χ4n) is 1.07. The van der Waals surface area contributed by atoms with Crippen LogP contribution in [0.25, 0.3) is 0 Å². The van der Waals surface area contributed by atoms with Crippen molar-refractivity contribution in [1.29, 1.82) is 0 Å². The minimum absolute atomic E-state index is 0.0635. The smallest absolute Gasteiger partial charge is 0.276 e. The number of carbonyl (C=O) groups excluding carboxylic acids is 1. The maximum atomic E-state index is 12.6. The average Bonchev–Trinajstić information content (AvgIpc) is 2.29. The zero-order chi connectivity index (χ0) is 12.3. The van der Waals surface area contributed by atoms with Crippen LogP contribution in [-0.4, -0.2) is 20.9 Å². The van der Waals surface area contributed by atoms with Crippen molar-refractivity contribution in [2.45, 2.75) is 0 Å². The van der Waals surface area contributed by atoms with Gasteiger partial charge < -0.3 is 0 Å². The van der Waals surface area contributed by atoms with Crippen molar-refractivity contribution in [2.24, 2.45) is 0 Å². The van der Waals surface area contributed by atoms with Gasteiger partial charge in [0, 0.05) is 6.20 Å². The fourth-order valence-corrected chi connectivity index (χ4v) is 1.21. The molecule has 0 radical (unpaired) electrons. The van der Waals surface area contributed by atoms with Gasteiger partial charge in [-0.15, -0.1) is 0 Å². The quantitative estimate of drug-likeness (QED) is 0.829. The monoisotopic (exact) mass is 252 g/mol. The van der Waals surface area contributed by atoms with E-state index in [1.807, 2.05) is 0 Å². The molecule has 0 saturated carbocycles. The van der Waals surface area contributed by atoms with E-state index in [-0.39, 0.29) is 16.8 Å². The Hall–Kier alpha value is -2.08. The van der Waals surface area contributed by atoms with Gasteiger partial charge in [-0.1, -0.05) is 11.6 Å². The first kappa shape index (κ1) is 11.4. The molecule has 0 aromatic carbocycles. The van der Waals surface area contributed by atoms with Gasteiger partial charge in [0.05, 0.1) is 6.20 Å². The average molecular weight is 253 g/mol. The Balaban J connectivity index is 2.14. The maximum absolute atomic E-state index is 12.6. The predicted octanol–water partition coefficient (Wildman–Crippen LogP) is 1.92. The summed E-state index contributed by atoms with van der Waals surface area (Å²) in [7, 11) is 0. The third-order valence-electron chi connectivity index (χ3n) is 1.81. The van der Waals surface area contributed by atoms with Crippen molar-refractivity contribution >= 4 is 23.5 Å². The molecule has 1 N–H and O–H groups in total. The summed E-state index contributed by atoms with van der Waals surface area (Å²) in [4.78, 5) is 22.8. The van der Waals surface area contributed by atoms with E-state index < -0.39 is 11.7 Å². The summed E-state index contributed by atoms with van der Waals surface area (Å²) >= 11 is 5.63. The van der Waals surface area contributed by atoms with E-state index in [0.29, 0.717) is 0 Å². The minimum atomic E-state index is -0.535. The molecule has 17 heavy (non-hydrogen) atoms. The number of halogens is 2. The summed E-state index contributed by atoms with van der Waals surface area (Å²) in [5.41, 5.74) is 0.0648. The van der Waals surface area contributed by atoms with Crippen LogP contribution in [0.3, 0.4) is 0 Å². The highest BCUT2D eigenvalue weighted by Gasteiger charge is 2.09. The number of nitrogens with zero attached hydrogens (tertiary/aromatic N) is 3. The van der Waals surface area contributed by atoms with Crippen LogP contribution in [-0.2, 0) is 0 Å². The molecule has 0 bridgehead atoms. The Morgan fingerprint density at radius 3 is 2.76 bits per heavy atom. The van der Waals surface area contributed by atoms with Crippen LogP contribution in [0, 0.1) is 5.82 Å². The second-order valence-electron chi connectivity index (χ2n) is 3.02. The van der Waals surface area contributed by atoms with Gasteiger partial charge in [0.1, 0.15) is 16.7 Å². The third kappa shape index (κ3) is 2.94. The predicted molar refractivity (Wildman–Crippen MR) is 59.2 cm³/mol. The molecule has 0 unspecified atom stereocenters. The summed E-state index contributed by atoms with van der Waals surface area (Å²) in [6.07, 6.45) is 2.36. The number of pyridine rings is 1. The summed E-state index contributed by atoms with van der Waals surface area (Å²) in [5.74, 6) is -0.985. The summed E-state index contributed by atoms with van der Waals surface area (Å²) in [5, 5.41) is 2.60. The number of hydrogen-bond acceptors (Lipinski definition) is 4. The lowest BCUT2D eigenvalue weighted by molar-refractivity contribution is 0.102. The molecule has 86 valence electrons. The Kier molecular flexibility index (Phi) is 3.24. The molecule has 0 fully saturated rings. The lowest BCUT2D eigenvalue weighted by Gasteiger charge is -2.02. The number of carbonyl (C=O) groups is 1. The molecule has 7 heteroatoms. The van der Waals surface area contributed by atoms with Gasteiger partial charge in [-0.2, -0.15) is 0 Å². The Bertz CT molecular complexity index is 546. The topological polar surface area (TPSA) is 67.8 Å². The summed E-state index contributed by atoms with van der Waals surface area (Å²) in [6, 6.07) is 3.88. The molecule has 5 nitrogen and oxygen atoms in total. The molecule has 1 amide bonds. The van der Waals surface area contributed by atoms with Gasteiger partial charge in [-0.3, -0.25) is 10.1 Å². The Morgan fingerprint density at radius 2 is 2.12 bits per heavy atom. The van der Waals surface area contributed by atoms with E-state index in [0.717, 1.165) is 12.3 Å². The Labute approximate surface area is 101 Å². The maximum Gasteiger partial charge on any atom is 0.276 e. The first-order valence-corrected chi connectivity index (χ1v) is 4.94. The molecule has 0 aliphatic heterocycles.